The zero-order valence-electron chi connectivity index (χ0n) is 10.8. The molecule has 0 aromatic carbocycles. The van der Waals surface area contributed by atoms with E-state index in [0.29, 0.717) is 11.8 Å². The second-order valence-corrected chi connectivity index (χ2v) is 5.24. The van der Waals surface area contributed by atoms with Gasteiger partial charge in [-0.25, -0.2) is 0 Å². The van der Waals surface area contributed by atoms with E-state index in [2.05, 4.69) is 29.1 Å². The summed E-state index contributed by atoms with van der Waals surface area (Å²) >= 11 is 1.43. The van der Waals surface area contributed by atoms with Crippen molar-refractivity contribution in [1.29, 1.82) is 0 Å². The van der Waals surface area contributed by atoms with Crippen molar-refractivity contribution in [2.75, 3.05) is 0 Å². The Hall–Kier alpha value is -1.90. The highest BCUT2D eigenvalue weighted by atomic mass is 32.2. The quantitative estimate of drug-likeness (QED) is 0.471. The van der Waals surface area contributed by atoms with Crippen LogP contribution in [-0.4, -0.2) is 29.5 Å². The van der Waals surface area contributed by atoms with Gasteiger partial charge < -0.3 is 4.57 Å². The van der Waals surface area contributed by atoms with Gasteiger partial charge >= 0.3 is 5.69 Å². The van der Waals surface area contributed by atoms with Crippen molar-refractivity contribution in [3.05, 3.63) is 28.3 Å². The Morgan fingerprint density at radius 1 is 1.47 bits per heavy atom. The molecule has 102 valence electrons. The van der Waals surface area contributed by atoms with E-state index in [-0.39, 0.29) is 5.69 Å². The van der Waals surface area contributed by atoms with Gasteiger partial charge in [0.25, 0.3) is 0 Å². The van der Waals surface area contributed by atoms with Crippen LogP contribution in [0.15, 0.2) is 17.6 Å². The largest absolute Gasteiger partial charge is 0.309 e. The first kappa shape index (κ1) is 13.5. The summed E-state index contributed by atoms with van der Waals surface area (Å²) < 4.78 is 3.43. The predicted octanol–water partition coefficient (Wildman–Crippen LogP) is 1.79. The summed E-state index contributed by atoms with van der Waals surface area (Å²) in [6.45, 7) is 4.10. The molecule has 0 saturated carbocycles. The van der Waals surface area contributed by atoms with Gasteiger partial charge in [-0.1, -0.05) is 25.6 Å². The molecule has 0 unspecified atom stereocenters. The minimum atomic E-state index is -0.465. The van der Waals surface area contributed by atoms with Crippen LogP contribution in [0.2, 0.25) is 0 Å². The molecule has 19 heavy (non-hydrogen) atoms. The molecule has 0 saturated heterocycles. The molecule has 0 N–H and O–H groups in total. The lowest BCUT2D eigenvalue weighted by atomic mass is 10.2. The Morgan fingerprint density at radius 3 is 2.74 bits per heavy atom. The summed E-state index contributed by atoms with van der Waals surface area (Å²) in [7, 11) is 1.91. The number of nitrogens with zero attached hydrogens (tertiary/aromatic N) is 6. The smallest absolute Gasteiger partial charge is 0.307 e. The predicted molar refractivity (Wildman–Crippen MR) is 69.8 cm³/mol. The molecule has 2 heterocycles. The van der Waals surface area contributed by atoms with Gasteiger partial charge in [0.2, 0.25) is 0 Å². The summed E-state index contributed by atoms with van der Waals surface area (Å²) in [4.78, 5) is 10.1. The Kier molecular flexibility index (Phi) is 3.84. The first-order chi connectivity index (χ1) is 8.99. The van der Waals surface area contributed by atoms with E-state index >= 15 is 0 Å². The van der Waals surface area contributed by atoms with E-state index in [1.807, 2.05) is 11.6 Å². The molecule has 0 atom stereocenters. The number of hydrogen-bond acceptors (Lipinski definition) is 6. The van der Waals surface area contributed by atoms with Crippen molar-refractivity contribution in [1.82, 2.24) is 24.5 Å². The molecule has 0 amide bonds. The first-order valence-corrected chi connectivity index (χ1v) is 6.66. The van der Waals surface area contributed by atoms with E-state index in [0.717, 1.165) is 11.0 Å². The molecule has 2 aromatic heterocycles. The van der Waals surface area contributed by atoms with Crippen molar-refractivity contribution >= 4 is 17.4 Å². The Balaban J connectivity index is 2.04. The second kappa shape index (κ2) is 5.39. The van der Waals surface area contributed by atoms with Gasteiger partial charge in [0.1, 0.15) is 18.2 Å². The van der Waals surface area contributed by atoms with Gasteiger partial charge in [0, 0.05) is 13.0 Å². The summed E-state index contributed by atoms with van der Waals surface area (Å²) in [5.74, 6) is 1.67. The van der Waals surface area contributed by atoms with Crippen LogP contribution in [0.25, 0.3) is 0 Å². The van der Waals surface area contributed by atoms with Crippen LogP contribution in [-0.2, 0) is 12.9 Å². The van der Waals surface area contributed by atoms with Crippen LogP contribution >= 0.6 is 11.8 Å². The maximum absolute atomic E-state index is 10.5. The zero-order chi connectivity index (χ0) is 14.0. The van der Waals surface area contributed by atoms with Crippen LogP contribution in [0.4, 0.5) is 5.69 Å². The first-order valence-electron chi connectivity index (χ1n) is 5.68. The Morgan fingerprint density at radius 2 is 2.21 bits per heavy atom. The van der Waals surface area contributed by atoms with Crippen LogP contribution in [0, 0.1) is 10.1 Å². The van der Waals surface area contributed by atoms with Crippen LogP contribution in [0.5, 0.6) is 0 Å². The van der Waals surface area contributed by atoms with Crippen LogP contribution < -0.4 is 0 Å². The SMILES string of the molecule is CC(C)c1nnc(SCn2cc([N+](=O)[O-])cn2)n1C. The fourth-order valence-corrected chi connectivity index (χ4v) is 2.37. The zero-order valence-corrected chi connectivity index (χ0v) is 11.7. The molecule has 0 spiro atoms. The summed E-state index contributed by atoms with van der Waals surface area (Å²) in [5.41, 5.74) is -0.0126. The summed E-state index contributed by atoms with van der Waals surface area (Å²) in [5, 5.41) is 23.4. The second-order valence-electron chi connectivity index (χ2n) is 4.32. The fraction of sp³-hybridized carbons (Fsp3) is 0.500. The lowest BCUT2D eigenvalue weighted by molar-refractivity contribution is -0.385. The highest BCUT2D eigenvalue weighted by Gasteiger charge is 2.13. The van der Waals surface area contributed by atoms with Gasteiger partial charge in [0.15, 0.2) is 5.16 Å². The van der Waals surface area contributed by atoms with Gasteiger partial charge in [-0.2, -0.15) is 5.10 Å². The normalized spacial score (nSPS) is 11.2. The topological polar surface area (TPSA) is 91.7 Å². The van der Waals surface area contributed by atoms with E-state index in [1.165, 1.54) is 28.8 Å². The minimum Gasteiger partial charge on any atom is -0.309 e. The van der Waals surface area contributed by atoms with Crippen molar-refractivity contribution in [3.63, 3.8) is 0 Å². The van der Waals surface area contributed by atoms with Crippen molar-refractivity contribution in [2.24, 2.45) is 7.05 Å². The maximum atomic E-state index is 10.5. The van der Waals surface area contributed by atoms with Crippen molar-refractivity contribution in [2.45, 2.75) is 30.8 Å². The van der Waals surface area contributed by atoms with Crippen molar-refractivity contribution in [3.8, 4) is 0 Å². The third-order valence-corrected chi connectivity index (χ3v) is 3.55. The van der Waals surface area contributed by atoms with Crippen LogP contribution in [0.3, 0.4) is 0 Å². The molecule has 0 radical (unpaired) electrons. The molecule has 0 fully saturated rings. The highest BCUT2D eigenvalue weighted by molar-refractivity contribution is 7.98. The summed E-state index contributed by atoms with van der Waals surface area (Å²) in [6, 6.07) is 0. The Bertz CT molecular complexity index is 591. The van der Waals surface area contributed by atoms with Gasteiger partial charge in [-0.15, -0.1) is 10.2 Å². The highest BCUT2D eigenvalue weighted by Crippen LogP contribution is 2.21. The third-order valence-electron chi connectivity index (χ3n) is 2.54. The minimum absolute atomic E-state index is 0.0126. The van der Waals surface area contributed by atoms with E-state index in [1.54, 1.807) is 0 Å². The molecule has 0 bridgehead atoms. The summed E-state index contributed by atoms with van der Waals surface area (Å²) in [6.07, 6.45) is 2.63. The number of thioether (sulfide) groups is 1. The molecule has 0 aliphatic carbocycles. The fourth-order valence-electron chi connectivity index (χ4n) is 1.60. The molecule has 8 nitrogen and oxygen atoms in total. The standard InChI is InChI=1S/C10H14N6O2S/c1-7(2)9-12-13-10(14(9)3)19-6-15-5-8(4-11-15)16(17)18/h4-5,7H,6H2,1-3H3. The molecule has 2 aromatic rings. The average Bonchev–Trinajstić information content (AvgIpc) is 2.93. The Labute approximate surface area is 114 Å². The molecule has 2 rings (SSSR count). The molecular formula is C10H14N6O2S. The molecule has 0 aliphatic rings. The molecule has 9 heteroatoms. The number of rotatable bonds is 5. The van der Waals surface area contributed by atoms with E-state index in [4.69, 9.17) is 0 Å². The van der Waals surface area contributed by atoms with Crippen molar-refractivity contribution < 1.29 is 4.92 Å². The lowest BCUT2D eigenvalue weighted by Crippen LogP contribution is -2.02. The lowest BCUT2D eigenvalue weighted by Gasteiger charge is -2.05. The number of aromatic nitrogens is 5. The van der Waals surface area contributed by atoms with Crippen LogP contribution in [0.1, 0.15) is 25.6 Å². The van der Waals surface area contributed by atoms with Gasteiger partial charge in [0.05, 0.1) is 10.8 Å². The monoisotopic (exact) mass is 282 g/mol. The number of hydrogen-bond donors (Lipinski definition) is 0. The number of nitro groups is 1. The van der Waals surface area contributed by atoms with Gasteiger partial charge in [-0.3, -0.25) is 14.8 Å². The average molecular weight is 282 g/mol. The van der Waals surface area contributed by atoms with E-state index < -0.39 is 4.92 Å². The molecule has 0 aliphatic heterocycles. The third kappa shape index (κ3) is 2.92. The van der Waals surface area contributed by atoms with Gasteiger partial charge in [-0.05, 0) is 0 Å². The maximum Gasteiger partial charge on any atom is 0.307 e. The van der Waals surface area contributed by atoms with E-state index in [9.17, 15) is 10.1 Å². The molecular weight excluding hydrogens is 268 g/mol.